The number of likely N-dealkylation sites (tertiary alicyclic amines) is 1. The molecule has 4 rings (SSSR count). The average Bonchev–Trinajstić information content (AvgIpc) is 3.22. The van der Waals surface area contributed by atoms with Crippen molar-refractivity contribution in [1.29, 1.82) is 0 Å². The molecule has 1 aliphatic rings. The van der Waals surface area contributed by atoms with Crippen LogP contribution in [-0.2, 0) is 13.0 Å². The molecule has 0 N–H and O–H groups in total. The van der Waals surface area contributed by atoms with E-state index in [1.54, 1.807) is 17.7 Å². The fourth-order valence-electron chi connectivity index (χ4n) is 3.90. The highest BCUT2D eigenvalue weighted by atomic mass is 32.1. The zero-order valence-corrected chi connectivity index (χ0v) is 16.7. The highest BCUT2D eigenvalue weighted by Gasteiger charge is 2.20. The Kier molecular flexibility index (Phi) is 5.59. The van der Waals surface area contributed by atoms with Crippen molar-refractivity contribution in [3.05, 3.63) is 46.1 Å². The molecule has 0 saturated carbocycles. The molecule has 7 heteroatoms. The third-order valence-electron chi connectivity index (χ3n) is 5.29. The zero-order valence-electron chi connectivity index (χ0n) is 15.9. The number of rotatable bonds is 5. The Morgan fingerprint density at radius 1 is 1.19 bits per heavy atom. The molecule has 3 aromatic rings. The molecule has 1 unspecified atom stereocenters. The van der Waals surface area contributed by atoms with Crippen LogP contribution in [0.25, 0.3) is 11.3 Å². The van der Waals surface area contributed by atoms with Gasteiger partial charge < -0.3 is 4.52 Å². The van der Waals surface area contributed by atoms with Crippen molar-refractivity contribution in [2.75, 3.05) is 13.1 Å². The van der Waals surface area contributed by atoms with Gasteiger partial charge in [-0.25, -0.2) is 15.0 Å². The van der Waals surface area contributed by atoms with Crippen LogP contribution in [0.2, 0.25) is 0 Å². The lowest BCUT2D eigenvalue weighted by molar-refractivity contribution is 0.272. The fourth-order valence-corrected chi connectivity index (χ4v) is 4.56. The maximum Gasteiger partial charge on any atom is 0.143 e. The van der Waals surface area contributed by atoms with Crippen LogP contribution in [0, 0.1) is 19.8 Å². The molecule has 1 aliphatic heterocycles. The molecular formula is C20H25N5OS. The maximum atomic E-state index is 5.29. The minimum atomic E-state index is 0.665. The Balaban J connectivity index is 1.40. The van der Waals surface area contributed by atoms with Gasteiger partial charge in [-0.1, -0.05) is 5.16 Å². The van der Waals surface area contributed by atoms with E-state index in [0.29, 0.717) is 5.92 Å². The van der Waals surface area contributed by atoms with E-state index in [1.807, 2.05) is 20.0 Å². The van der Waals surface area contributed by atoms with Crippen LogP contribution in [0.1, 0.15) is 41.4 Å². The van der Waals surface area contributed by atoms with E-state index in [-0.39, 0.29) is 0 Å². The quantitative estimate of drug-likeness (QED) is 0.662. The summed E-state index contributed by atoms with van der Waals surface area (Å²) in [5, 5.41) is 7.32. The topological polar surface area (TPSA) is 67.9 Å². The van der Waals surface area contributed by atoms with E-state index in [0.717, 1.165) is 54.5 Å². The lowest BCUT2D eigenvalue weighted by atomic mass is 9.94. The summed E-state index contributed by atoms with van der Waals surface area (Å²) >= 11 is 1.75. The third kappa shape index (κ3) is 4.42. The molecular weight excluding hydrogens is 358 g/mol. The lowest BCUT2D eigenvalue weighted by Gasteiger charge is -2.18. The van der Waals surface area contributed by atoms with Crippen LogP contribution < -0.4 is 0 Å². The van der Waals surface area contributed by atoms with E-state index in [4.69, 9.17) is 4.52 Å². The second kappa shape index (κ2) is 8.27. The lowest BCUT2D eigenvalue weighted by Crippen LogP contribution is -2.24. The molecule has 6 nitrogen and oxygen atoms in total. The normalized spacial score (nSPS) is 18.5. The van der Waals surface area contributed by atoms with Gasteiger partial charge in [-0.05, 0) is 64.6 Å². The molecule has 0 aliphatic carbocycles. The van der Waals surface area contributed by atoms with Gasteiger partial charge in [-0.15, -0.1) is 11.3 Å². The van der Waals surface area contributed by atoms with Gasteiger partial charge in [-0.3, -0.25) is 4.90 Å². The molecule has 3 aromatic heterocycles. The standard InChI is InChI=1S/C20H25N5OS/c1-14-20(15(2)26-24-14)18-11-17(22-13-23-18)10-16-4-3-7-25(8-5-16)12-19-21-6-9-27-19/h6,9,11,13,16H,3-5,7-8,10,12H2,1-2H3. The van der Waals surface area contributed by atoms with Gasteiger partial charge in [0.25, 0.3) is 0 Å². The molecule has 0 radical (unpaired) electrons. The van der Waals surface area contributed by atoms with Crippen LogP contribution in [-0.4, -0.2) is 38.1 Å². The molecule has 27 heavy (non-hydrogen) atoms. The monoisotopic (exact) mass is 383 g/mol. The number of aryl methyl sites for hydroxylation is 2. The second-order valence-corrected chi connectivity index (χ2v) is 8.28. The molecule has 4 heterocycles. The highest BCUT2D eigenvalue weighted by molar-refractivity contribution is 7.09. The first-order valence-corrected chi connectivity index (χ1v) is 10.4. The van der Waals surface area contributed by atoms with Crippen LogP contribution in [0.3, 0.4) is 0 Å². The maximum absolute atomic E-state index is 5.29. The summed E-state index contributed by atoms with van der Waals surface area (Å²) in [5.41, 5.74) is 3.90. The minimum absolute atomic E-state index is 0.665. The van der Waals surface area contributed by atoms with Crippen molar-refractivity contribution in [1.82, 2.24) is 25.0 Å². The average molecular weight is 384 g/mol. The van der Waals surface area contributed by atoms with Gasteiger partial charge in [0.05, 0.1) is 23.5 Å². The van der Waals surface area contributed by atoms with E-state index in [2.05, 4.69) is 36.5 Å². The second-order valence-electron chi connectivity index (χ2n) is 7.30. The zero-order chi connectivity index (χ0) is 18.6. The first-order valence-electron chi connectivity index (χ1n) is 9.54. The summed E-state index contributed by atoms with van der Waals surface area (Å²) in [4.78, 5) is 15.9. The highest BCUT2D eigenvalue weighted by Crippen LogP contribution is 2.27. The number of aromatic nitrogens is 4. The van der Waals surface area contributed by atoms with Crippen molar-refractivity contribution in [3.8, 4) is 11.3 Å². The summed E-state index contributed by atoms with van der Waals surface area (Å²) in [6.45, 7) is 7.15. The Bertz CT molecular complexity index is 857. The van der Waals surface area contributed by atoms with Crippen LogP contribution >= 0.6 is 11.3 Å². The SMILES string of the molecule is Cc1noc(C)c1-c1cc(CC2CCCN(Cc3nccs3)CC2)ncn1. The molecule has 0 amide bonds. The molecule has 1 fully saturated rings. The van der Waals surface area contributed by atoms with Gasteiger partial charge in [0.15, 0.2) is 0 Å². The smallest absolute Gasteiger partial charge is 0.143 e. The van der Waals surface area contributed by atoms with E-state index >= 15 is 0 Å². The first-order chi connectivity index (χ1) is 13.2. The van der Waals surface area contributed by atoms with Crippen molar-refractivity contribution in [2.24, 2.45) is 5.92 Å². The molecule has 0 spiro atoms. The summed E-state index contributed by atoms with van der Waals surface area (Å²) in [6.07, 6.45) is 8.26. The summed E-state index contributed by atoms with van der Waals surface area (Å²) < 4.78 is 5.29. The summed E-state index contributed by atoms with van der Waals surface area (Å²) in [5.74, 6) is 1.48. The van der Waals surface area contributed by atoms with Crippen LogP contribution in [0.15, 0.2) is 28.5 Å². The third-order valence-corrected chi connectivity index (χ3v) is 6.06. The van der Waals surface area contributed by atoms with Crippen molar-refractivity contribution < 1.29 is 4.52 Å². The number of thiazole rings is 1. The van der Waals surface area contributed by atoms with Gasteiger partial charge in [0.1, 0.15) is 17.1 Å². The molecule has 0 bridgehead atoms. The predicted octanol–water partition coefficient (Wildman–Crippen LogP) is 4.05. The number of hydrogen-bond acceptors (Lipinski definition) is 7. The van der Waals surface area contributed by atoms with E-state index in [9.17, 15) is 0 Å². The number of nitrogens with zero attached hydrogens (tertiary/aromatic N) is 5. The Labute approximate surface area is 163 Å². The predicted molar refractivity (Wildman–Crippen MR) is 105 cm³/mol. The summed E-state index contributed by atoms with van der Waals surface area (Å²) in [6, 6.07) is 2.10. The van der Waals surface area contributed by atoms with Crippen LogP contribution in [0.5, 0.6) is 0 Å². The fraction of sp³-hybridized carbons (Fsp3) is 0.500. The van der Waals surface area contributed by atoms with Gasteiger partial charge in [0, 0.05) is 17.3 Å². The van der Waals surface area contributed by atoms with Crippen LogP contribution in [0.4, 0.5) is 0 Å². The largest absolute Gasteiger partial charge is 0.361 e. The minimum Gasteiger partial charge on any atom is -0.361 e. The van der Waals surface area contributed by atoms with E-state index < -0.39 is 0 Å². The van der Waals surface area contributed by atoms with E-state index in [1.165, 1.54) is 24.3 Å². The first kappa shape index (κ1) is 18.3. The molecule has 1 saturated heterocycles. The van der Waals surface area contributed by atoms with Gasteiger partial charge in [-0.2, -0.15) is 0 Å². The molecule has 142 valence electrons. The Morgan fingerprint density at radius 3 is 2.89 bits per heavy atom. The van der Waals surface area contributed by atoms with Crippen molar-refractivity contribution in [3.63, 3.8) is 0 Å². The van der Waals surface area contributed by atoms with Gasteiger partial charge in [0.2, 0.25) is 0 Å². The number of hydrogen-bond donors (Lipinski definition) is 0. The molecule has 1 atom stereocenters. The van der Waals surface area contributed by atoms with Crippen molar-refractivity contribution in [2.45, 2.75) is 46.1 Å². The Hall–Kier alpha value is -2.12. The molecule has 0 aromatic carbocycles. The van der Waals surface area contributed by atoms with Crippen molar-refractivity contribution >= 4 is 11.3 Å². The Morgan fingerprint density at radius 2 is 2.11 bits per heavy atom. The van der Waals surface area contributed by atoms with Gasteiger partial charge >= 0.3 is 0 Å². The summed E-state index contributed by atoms with van der Waals surface area (Å²) in [7, 11) is 0.